The maximum Gasteiger partial charge on any atom is 0.273 e. The highest BCUT2D eigenvalue weighted by Crippen LogP contribution is 2.24. The van der Waals surface area contributed by atoms with Crippen LogP contribution in [0.25, 0.3) is 17.0 Å². The van der Waals surface area contributed by atoms with E-state index in [4.69, 9.17) is 4.74 Å². The maximum atomic E-state index is 12.9. The fraction of sp³-hybridized carbons (Fsp3) is 0.250. The average Bonchev–Trinajstić information content (AvgIpc) is 3.32. The van der Waals surface area contributed by atoms with Crippen molar-refractivity contribution >= 4 is 17.0 Å². The van der Waals surface area contributed by atoms with Gasteiger partial charge in [-0.3, -0.25) is 9.20 Å². The van der Waals surface area contributed by atoms with E-state index in [0.717, 1.165) is 10.7 Å². The Morgan fingerprint density at radius 3 is 2.92 bits per heavy atom. The summed E-state index contributed by atoms with van der Waals surface area (Å²) in [6.45, 7) is 4.37. The van der Waals surface area contributed by atoms with Gasteiger partial charge in [0.25, 0.3) is 5.56 Å². The first-order valence-corrected chi connectivity index (χ1v) is 8.83. The van der Waals surface area contributed by atoms with Crippen molar-refractivity contribution in [2.24, 2.45) is 0 Å². The third-order valence-electron chi connectivity index (χ3n) is 3.76. The first-order chi connectivity index (χ1) is 12.6. The van der Waals surface area contributed by atoms with Crippen LogP contribution in [-0.4, -0.2) is 35.0 Å². The van der Waals surface area contributed by atoms with Crippen LogP contribution in [0.4, 0.5) is 0 Å². The lowest BCUT2D eigenvalue weighted by Gasteiger charge is -2.09. The number of ether oxygens (including phenoxy) is 1. The predicted molar refractivity (Wildman–Crippen MR) is 95.2 cm³/mol. The van der Waals surface area contributed by atoms with Crippen molar-refractivity contribution in [3.63, 3.8) is 0 Å². The molecule has 0 aliphatic rings. The van der Waals surface area contributed by atoms with Gasteiger partial charge in [-0.2, -0.15) is 10.2 Å². The van der Waals surface area contributed by atoms with E-state index in [2.05, 4.69) is 44.4 Å². The minimum absolute atomic E-state index is 0.137. The molecule has 4 heterocycles. The van der Waals surface area contributed by atoms with Crippen LogP contribution in [0.2, 0.25) is 0 Å². The Balaban J connectivity index is 1.75. The highest BCUT2D eigenvalue weighted by atomic mass is 32.1. The second-order valence-electron chi connectivity index (χ2n) is 5.87. The molecule has 9 nitrogen and oxygen atoms in total. The number of nitrogens with one attached hydrogen (secondary N) is 1. The summed E-state index contributed by atoms with van der Waals surface area (Å²) >= 11 is 1.51. The predicted octanol–water partition coefficient (Wildman–Crippen LogP) is 2.03. The Hall–Kier alpha value is -3.14. The molecule has 4 aromatic heterocycles. The standard InChI is InChI=1S/C16H15N7O2S/c1-9(2)10-8-26-12(17-10)7-25-15-13(14-19-21-22-20-14)16(24)23-6-4-3-5-11(23)18-15/h3-6,8-9H,7H2,1-2H3,(H,19,20,21,22). The SMILES string of the molecule is CC(C)c1csc(COc2nc3ccccn3c(=O)c2-c2nn[nH]n2)n1. The molecule has 0 radical (unpaired) electrons. The molecule has 0 aliphatic carbocycles. The zero-order valence-corrected chi connectivity index (χ0v) is 14.9. The third kappa shape index (κ3) is 2.94. The molecule has 0 amide bonds. The summed E-state index contributed by atoms with van der Waals surface area (Å²) in [6.07, 6.45) is 1.63. The molecule has 0 saturated heterocycles. The number of hydrogen-bond acceptors (Lipinski definition) is 8. The maximum absolute atomic E-state index is 12.9. The second kappa shape index (κ2) is 6.64. The van der Waals surface area contributed by atoms with Crippen LogP contribution in [0.3, 0.4) is 0 Å². The van der Waals surface area contributed by atoms with Gasteiger partial charge in [0, 0.05) is 11.6 Å². The lowest BCUT2D eigenvalue weighted by Crippen LogP contribution is -2.19. The number of aromatic nitrogens is 7. The number of H-pyrrole nitrogens is 1. The minimum Gasteiger partial charge on any atom is -0.470 e. The number of hydrogen-bond donors (Lipinski definition) is 1. The van der Waals surface area contributed by atoms with Crippen molar-refractivity contribution in [2.45, 2.75) is 26.4 Å². The van der Waals surface area contributed by atoms with Gasteiger partial charge in [0.15, 0.2) is 5.56 Å². The smallest absolute Gasteiger partial charge is 0.273 e. The van der Waals surface area contributed by atoms with Gasteiger partial charge in [0.1, 0.15) is 17.3 Å². The molecule has 0 atom stereocenters. The number of rotatable bonds is 5. The first-order valence-electron chi connectivity index (χ1n) is 7.96. The fourth-order valence-corrected chi connectivity index (χ4v) is 3.29. The molecule has 0 saturated carbocycles. The van der Waals surface area contributed by atoms with Gasteiger partial charge in [0.05, 0.1) is 5.69 Å². The fourth-order valence-electron chi connectivity index (χ4n) is 2.42. The van der Waals surface area contributed by atoms with Gasteiger partial charge in [0.2, 0.25) is 11.7 Å². The highest BCUT2D eigenvalue weighted by molar-refractivity contribution is 7.09. The molecule has 4 aromatic rings. The van der Waals surface area contributed by atoms with Crippen LogP contribution in [0, 0.1) is 0 Å². The molecular weight excluding hydrogens is 354 g/mol. The summed E-state index contributed by atoms with van der Waals surface area (Å²) in [6, 6.07) is 5.28. The number of aromatic amines is 1. The number of tetrazole rings is 1. The van der Waals surface area contributed by atoms with Gasteiger partial charge in [-0.1, -0.05) is 19.9 Å². The summed E-state index contributed by atoms with van der Waals surface area (Å²) in [5.74, 6) is 0.639. The number of pyridine rings is 1. The van der Waals surface area contributed by atoms with Gasteiger partial charge in [-0.25, -0.2) is 4.98 Å². The normalized spacial score (nSPS) is 11.3. The van der Waals surface area contributed by atoms with E-state index in [1.807, 2.05) is 5.38 Å². The first kappa shape index (κ1) is 16.3. The zero-order valence-electron chi connectivity index (χ0n) is 14.1. The molecule has 0 bridgehead atoms. The minimum atomic E-state index is -0.325. The second-order valence-corrected chi connectivity index (χ2v) is 6.81. The molecule has 0 unspecified atom stereocenters. The Kier molecular flexibility index (Phi) is 4.17. The molecule has 26 heavy (non-hydrogen) atoms. The van der Waals surface area contributed by atoms with Crippen LogP contribution in [-0.2, 0) is 6.61 Å². The molecule has 0 aliphatic heterocycles. The molecular formula is C16H15N7O2S. The van der Waals surface area contributed by atoms with E-state index >= 15 is 0 Å². The van der Waals surface area contributed by atoms with Gasteiger partial charge >= 0.3 is 0 Å². The monoisotopic (exact) mass is 369 g/mol. The van der Waals surface area contributed by atoms with Gasteiger partial charge in [-0.05, 0) is 23.3 Å². The molecule has 4 rings (SSSR count). The molecule has 132 valence electrons. The van der Waals surface area contributed by atoms with Gasteiger partial charge in [-0.15, -0.1) is 21.5 Å². The van der Waals surface area contributed by atoms with Crippen LogP contribution in [0.15, 0.2) is 34.6 Å². The van der Waals surface area contributed by atoms with Crippen molar-refractivity contribution < 1.29 is 4.74 Å². The molecule has 0 spiro atoms. The highest BCUT2D eigenvalue weighted by Gasteiger charge is 2.20. The van der Waals surface area contributed by atoms with Crippen LogP contribution >= 0.6 is 11.3 Å². The third-order valence-corrected chi connectivity index (χ3v) is 4.60. The molecule has 0 aromatic carbocycles. The molecule has 1 N–H and O–H groups in total. The van der Waals surface area contributed by atoms with Gasteiger partial charge < -0.3 is 4.74 Å². The quantitative estimate of drug-likeness (QED) is 0.573. The van der Waals surface area contributed by atoms with Crippen molar-refractivity contribution in [1.82, 2.24) is 35.0 Å². The number of nitrogens with zero attached hydrogens (tertiary/aromatic N) is 6. The lowest BCUT2D eigenvalue weighted by atomic mass is 10.2. The zero-order chi connectivity index (χ0) is 18.1. The summed E-state index contributed by atoms with van der Waals surface area (Å²) in [4.78, 5) is 21.8. The van der Waals surface area contributed by atoms with Crippen molar-refractivity contribution in [3.8, 4) is 17.3 Å². The van der Waals surface area contributed by atoms with E-state index < -0.39 is 0 Å². The summed E-state index contributed by atoms with van der Waals surface area (Å²) in [7, 11) is 0. The Morgan fingerprint density at radius 2 is 2.19 bits per heavy atom. The van der Waals surface area contributed by atoms with E-state index in [-0.39, 0.29) is 29.4 Å². The van der Waals surface area contributed by atoms with Crippen LogP contribution in [0.1, 0.15) is 30.5 Å². The summed E-state index contributed by atoms with van der Waals surface area (Å²) < 4.78 is 7.25. The van der Waals surface area contributed by atoms with E-state index in [9.17, 15) is 4.79 Å². The lowest BCUT2D eigenvalue weighted by molar-refractivity contribution is 0.294. The van der Waals surface area contributed by atoms with Crippen molar-refractivity contribution in [3.05, 3.63) is 50.8 Å². The Bertz CT molecular complexity index is 1100. The van der Waals surface area contributed by atoms with Crippen molar-refractivity contribution in [2.75, 3.05) is 0 Å². The number of thiazole rings is 1. The largest absolute Gasteiger partial charge is 0.470 e. The van der Waals surface area contributed by atoms with Crippen LogP contribution < -0.4 is 10.3 Å². The van der Waals surface area contributed by atoms with E-state index in [1.54, 1.807) is 24.4 Å². The van der Waals surface area contributed by atoms with E-state index in [0.29, 0.717) is 11.6 Å². The molecule has 0 fully saturated rings. The van der Waals surface area contributed by atoms with E-state index in [1.165, 1.54) is 15.7 Å². The van der Waals surface area contributed by atoms with Crippen LogP contribution in [0.5, 0.6) is 5.88 Å². The Morgan fingerprint density at radius 1 is 1.31 bits per heavy atom. The molecule has 10 heteroatoms. The number of fused-ring (bicyclic) bond motifs is 1. The summed E-state index contributed by atoms with van der Waals surface area (Å²) in [5, 5.41) is 16.5. The van der Waals surface area contributed by atoms with Crippen molar-refractivity contribution in [1.29, 1.82) is 0 Å². The summed E-state index contributed by atoms with van der Waals surface area (Å²) in [5.41, 5.74) is 1.32. The topological polar surface area (TPSA) is 111 Å². The average molecular weight is 369 g/mol. The Labute approximate surface area is 151 Å².